The van der Waals surface area contributed by atoms with Gasteiger partial charge in [0, 0.05) is 48.5 Å². The molecule has 2 saturated heterocycles. The van der Waals surface area contributed by atoms with Crippen molar-refractivity contribution >= 4 is 22.6 Å². The van der Waals surface area contributed by atoms with E-state index in [9.17, 15) is 13.2 Å². The summed E-state index contributed by atoms with van der Waals surface area (Å²) in [5.74, 6) is 0.376. The van der Waals surface area contributed by atoms with E-state index in [0.717, 1.165) is 61.6 Å². The number of pyridine rings is 1. The molecule has 1 unspecified atom stereocenters. The van der Waals surface area contributed by atoms with Crippen molar-refractivity contribution in [1.29, 1.82) is 0 Å². The molecule has 0 saturated carbocycles. The van der Waals surface area contributed by atoms with Crippen LogP contribution in [0.15, 0.2) is 60.7 Å². The molecule has 2 aliphatic rings. The van der Waals surface area contributed by atoms with Crippen LogP contribution in [-0.2, 0) is 30.4 Å². The molecule has 9 nitrogen and oxygen atoms in total. The Morgan fingerprint density at radius 2 is 1.78 bits per heavy atom. The van der Waals surface area contributed by atoms with E-state index in [1.54, 1.807) is 12.1 Å². The van der Waals surface area contributed by atoms with E-state index < -0.39 is 12.0 Å². The van der Waals surface area contributed by atoms with E-state index in [-0.39, 0.29) is 18.0 Å². The number of likely N-dealkylation sites (tertiary alicyclic amines) is 1. The molecule has 2 fully saturated rings. The Morgan fingerprint density at radius 1 is 0.978 bits per heavy atom. The number of hydrogen-bond acceptors (Lipinski definition) is 7. The van der Waals surface area contributed by atoms with E-state index in [4.69, 9.17) is 31.0 Å². The molecule has 7 rings (SSSR count). The standard InChI is InChI=1S/C32H31ClF3N7O2/c33-22-7-4-20(5-8-22)16-23-2-1-3-29(37-23)45-24-10-13-42(14-11-24)19-28-38-26-17-21(30-39-31(41-40-30)32(34,35)36)6-9-27(26)43(28)18-25-12-15-44-25/h1-9,17,24-25H,10-16,18-19H2,(H,39,40,41). The minimum atomic E-state index is -4.59. The highest BCUT2D eigenvalue weighted by atomic mass is 35.5. The first-order valence-electron chi connectivity index (χ1n) is 15.0. The number of H-pyrrole nitrogens is 1. The molecular formula is C32H31ClF3N7O2. The number of halogens is 4. The molecule has 0 spiro atoms. The first-order chi connectivity index (χ1) is 21.8. The van der Waals surface area contributed by atoms with E-state index in [0.29, 0.717) is 41.5 Å². The summed E-state index contributed by atoms with van der Waals surface area (Å²) < 4.78 is 53.4. The number of ether oxygens (including phenoxy) is 2. The van der Waals surface area contributed by atoms with Crippen LogP contribution in [0.5, 0.6) is 5.88 Å². The molecular weight excluding hydrogens is 607 g/mol. The minimum absolute atomic E-state index is 0.0188. The van der Waals surface area contributed by atoms with E-state index in [1.165, 1.54) is 0 Å². The molecule has 1 atom stereocenters. The van der Waals surface area contributed by atoms with Crippen LogP contribution in [0.1, 0.15) is 42.2 Å². The van der Waals surface area contributed by atoms with Crippen molar-refractivity contribution in [1.82, 2.24) is 34.6 Å². The average molecular weight is 638 g/mol. The predicted molar refractivity (Wildman–Crippen MR) is 162 cm³/mol. The lowest BCUT2D eigenvalue weighted by atomic mass is 10.1. The predicted octanol–water partition coefficient (Wildman–Crippen LogP) is 6.31. The molecule has 2 aliphatic heterocycles. The highest BCUT2D eigenvalue weighted by Crippen LogP contribution is 2.30. The van der Waals surface area contributed by atoms with Crippen LogP contribution in [0, 0.1) is 0 Å². The van der Waals surface area contributed by atoms with Gasteiger partial charge in [0.2, 0.25) is 11.7 Å². The van der Waals surface area contributed by atoms with Crippen molar-refractivity contribution in [2.24, 2.45) is 0 Å². The first kappa shape index (κ1) is 29.7. The van der Waals surface area contributed by atoms with Gasteiger partial charge in [0.15, 0.2) is 5.82 Å². The second kappa shape index (κ2) is 12.4. The van der Waals surface area contributed by atoms with Crippen molar-refractivity contribution in [3.8, 4) is 17.3 Å². The molecule has 1 N–H and O–H groups in total. The van der Waals surface area contributed by atoms with Crippen LogP contribution in [0.4, 0.5) is 13.2 Å². The molecule has 234 valence electrons. The van der Waals surface area contributed by atoms with E-state index in [2.05, 4.69) is 19.5 Å². The lowest BCUT2D eigenvalue weighted by molar-refractivity contribution is -0.144. The van der Waals surface area contributed by atoms with Gasteiger partial charge in [0.25, 0.3) is 0 Å². The Morgan fingerprint density at radius 3 is 2.49 bits per heavy atom. The van der Waals surface area contributed by atoms with Gasteiger partial charge in [-0.05, 0) is 61.2 Å². The topological polar surface area (TPSA) is 94.0 Å². The summed E-state index contributed by atoms with van der Waals surface area (Å²) in [7, 11) is 0. The van der Waals surface area contributed by atoms with Gasteiger partial charge in [-0.3, -0.25) is 10.00 Å². The number of hydrogen-bond donors (Lipinski definition) is 1. The number of rotatable bonds is 9. The van der Waals surface area contributed by atoms with Gasteiger partial charge in [-0.15, -0.1) is 0 Å². The van der Waals surface area contributed by atoms with Crippen LogP contribution < -0.4 is 4.74 Å². The fourth-order valence-electron chi connectivity index (χ4n) is 5.78. The monoisotopic (exact) mass is 637 g/mol. The number of benzene rings is 2. The molecule has 0 radical (unpaired) electrons. The largest absolute Gasteiger partial charge is 0.474 e. The summed E-state index contributed by atoms with van der Waals surface area (Å²) in [4.78, 5) is 15.7. The quantitative estimate of drug-likeness (QED) is 0.202. The number of aromatic amines is 1. The maximum atomic E-state index is 13.1. The fraction of sp³-hybridized carbons (Fsp3) is 0.375. The molecule has 5 aromatic rings. The van der Waals surface area contributed by atoms with Crippen LogP contribution in [0.25, 0.3) is 22.4 Å². The first-order valence-corrected chi connectivity index (χ1v) is 15.3. The van der Waals surface area contributed by atoms with Crippen LogP contribution >= 0.6 is 11.6 Å². The zero-order valence-electron chi connectivity index (χ0n) is 24.3. The molecule has 0 aliphatic carbocycles. The highest BCUT2D eigenvalue weighted by Gasteiger charge is 2.35. The fourth-order valence-corrected chi connectivity index (χ4v) is 5.91. The van der Waals surface area contributed by atoms with Crippen LogP contribution in [0.2, 0.25) is 5.02 Å². The van der Waals surface area contributed by atoms with Crippen molar-refractivity contribution in [3.05, 3.63) is 88.6 Å². The van der Waals surface area contributed by atoms with Crippen molar-refractivity contribution < 1.29 is 22.6 Å². The smallest absolute Gasteiger partial charge is 0.451 e. The third-order valence-electron chi connectivity index (χ3n) is 8.29. The second-order valence-corrected chi connectivity index (χ2v) is 11.9. The van der Waals surface area contributed by atoms with E-state index >= 15 is 0 Å². The van der Waals surface area contributed by atoms with Gasteiger partial charge in [-0.1, -0.05) is 29.8 Å². The molecule has 0 amide bonds. The maximum absolute atomic E-state index is 13.1. The normalized spacial score (nSPS) is 17.9. The Labute approximate surface area is 262 Å². The van der Waals surface area contributed by atoms with Gasteiger partial charge < -0.3 is 14.0 Å². The Hall–Kier alpha value is -4.00. The third kappa shape index (κ3) is 6.82. The number of aromatic nitrogens is 6. The lowest BCUT2D eigenvalue weighted by Gasteiger charge is -2.32. The molecule has 13 heteroatoms. The summed E-state index contributed by atoms with van der Waals surface area (Å²) in [6.45, 7) is 3.72. The lowest BCUT2D eigenvalue weighted by Crippen LogP contribution is -2.39. The molecule has 5 heterocycles. The van der Waals surface area contributed by atoms with Crippen molar-refractivity contribution in [2.75, 3.05) is 19.7 Å². The van der Waals surface area contributed by atoms with Gasteiger partial charge in [0.1, 0.15) is 11.9 Å². The zero-order chi connectivity index (χ0) is 31.0. The van der Waals surface area contributed by atoms with Crippen molar-refractivity contribution in [3.63, 3.8) is 0 Å². The molecule has 2 aromatic carbocycles. The number of nitrogens with zero attached hydrogens (tertiary/aromatic N) is 6. The minimum Gasteiger partial charge on any atom is -0.474 e. The summed E-state index contributed by atoms with van der Waals surface area (Å²) in [6.07, 6.45) is -1.03. The summed E-state index contributed by atoms with van der Waals surface area (Å²) >= 11 is 6.01. The van der Waals surface area contributed by atoms with Crippen LogP contribution in [-0.4, -0.2) is 66.5 Å². The van der Waals surface area contributed by atoms with Crippen molar-refractivity contribution in [2.45, 2.75) is 57.2 Å². The number of imidazole rings is 1. The van der Waals surface area contributed by atoms with Gasteiger partial charge in [0.05, 0.1) is 30.2 Å². The summed E-state index contributed by atoms with van der Waals surface area (Å²) in [5, 5.41) is 6.47. The Bertz CT molecular complexity index is 1780. The van der Waals surface area contributed by atoms with E-state index in [1.807, 2.05) is 53.6 Å². The maximum Gasteiger partial charge on any atom is 0.451 e. The number of piperidine rings is 1. The second-order valence-electron chi connectivity index (χ2n) is 11.5. The summed E-state index contributed by atoms with van der Waals surface area (Å²) in [5.41, 5.74) is 4.13. The number of alkyl halides is 3. The van der Waals surface area contributed by atoms with Gasteiger partial charge in [-0.2, -0.15) is 18.3 Å². The van der Waals surface area contributed by atoms with Gasteiger partial charge >= 0.3 is 6.18 Å². The SMILES string of the molecule is FC(F)(F)c1nc(-c2ccc3c(c2)nc(CN2CCC(Oc4cccc(Cc5ccc(Cl)cc5)n4)CC2)n3CC2CCO2)n[nH]1. The van der Waals surface area contributed by atoms with Crippen LogP contribution in [0.3, 0.4) is 0 Å². The molecule has 3 aromatic heterocycles. The van der Waals surface area contributed by atoms with Gasteiger partial charge in [-0.25, -0.2) is 15.0 Å². The zero-order valence-corrected chi connectivity index (χ0v) is 25.1. The average Bonchev–Trinajstić information content (AvgIpc) is 3.63. The molecule has 45 heavy (non-hydrogen) atoms. The highest BCUT2D eigenvalue weighted by molar-refractivity contribution is 6.30. The Kier molecular flexibility index (Phi) is 8.19. The number of nitrogens with one attached hydrogen (secondary N) is 1. The Balaban J connectivity index is 1.02. The molecule has 0 bridgehead atoms. The summed E-state index contributed by atoms with van der Waals surface area (Å²) in [6, 6.07) is 19.0. The third-order valence-corrected chi connectivity index (χ3v) is 8.54. The number of fused-ring (bicyclic) bond motifs is 1.